The summed E-state index contributed by atoms with van der Waals surface area (Å²) in [6, 6.07) is 7.81. The van der Waals surface area contributed by atoms with Crippen LogP contribution in [-0.4, -0.2) is 33.3 Å². The molecule has 0 N–H and O–H groups in total. The molecule has 0 spiro atoms. The molecule has 0 fully saturated rings. The highest BCUT2D eigenvalue weighted by Gasteiger charge is 2.19. The van der Waals surface area contributed by atoms with E-state index in [1.165, 1.54) is 27.4 Å². The molecule has 0 bridgehead atoms. The Bertz CT molecular complexity index is 458. The predicted molar refractivity (Wildman–Crippen MR) is 63.8 cm³/mol. The quantitative estimate of drug-likeness (QED) is 0.347. The van der Waals surface area contributed by atoms with Gasteiger partial charge in [0.2, 0.25) is 0 Å². The van der Waals surface area contributed by atoms with Crippen molar-refractivity contribution in [1.29, 1.82) is 0 Å². The molecule has 18 heavy (non-hydrogen) atoms. The van der Waals surface area contributed by atoms with Gasteiger partial charge in [-0.3, -0.25) is 0 Å². The van der Waals surface area contributed by atoms with Gasteiger partial charge in [-0.05, 0) is 29.8 Å². The van der Waals surface area contributed by atoms with Crippen LogP contribution in [0.3, 0.4) is 0 Å². The van der Waals surface area contributed by atoms with Crippen LogP contribution in [0, 0.1) is 6.07 Å². The molecule has 0 aliphatic carbocycles. The SMILES string of the molecule is COC(=O)C(=Cc1[c]ccc(OC)c1)C(=O)OC. The summed E-state index contributed by atoms with van der Waals surface area (Å²) in [7, 11) is 3.90. The van der Waals surface area contributed by atoms with E-state index in [0.29, 0.717) is 11.3 Å². The Labute approximate surface area is 105 Å². The zero-order chi connectivity index (χ0) is 13.5. The summed E-state index contributed by atoms with van der Waals surface area (Å²) >= 11 is 0. The minimum Gasteiger partial charge on any atom is -0.497 e. The highest BCUT2D eigenvalue weighted by molar-refractivity contribution is 6.17. The minimum atomic E-state index is -0.766. The van der Waals surface area contributed by atoms with Crippen molar-refractivity contribution in [2.45, 2.75) is 0 Å². The van der Waals surface area contributed by atoms with Crippen molar-refractivity contribution < 1.29 is 23.8 Å². The van der Waals surface area contributed by atoms with Crippen LogP contribution in [0.5, 0.6) is 5.75 Å². The number of carbonyl (C=O) groups is 2. The third kappa shape index (κ3) is 3.35. The second kappa shape index (κ2) is 6.44. The van der Waals surface area contributed by atoms with E-state index in [2.05, 4.69) is 15.5 Å². The van der Waals surface area contributed by atoms with Gasteiger partial charge >= 0.3 is 11.9 Å². The molecule has 0 unspecified atom stereocenters. The summed E-state index contributed by atoms with van der Waals surface area (Å²) in [5.74, 6) is -0.940. The third-order valence-corrected chi connectivity index (χ3v) is 2.14. The lowest BCUT2D eigenvalue weighted by Gasteiger charge is -2.04. The molecule has 5 heteroatoms. The Morgan fingerprint density at radius 1 is 1.17 bits per heavy atom. The van der Waals surface area contributed by atoms with E-state index < -0.39 is 11.9 Å². The standard InChI is InChI=1S/C13H13O5/c1-16-10-6-4-5-9(7-10)8-11(12(14)17-2)13(15)18-3/h4,6-8H,1-3H3. The van der Waals surface area contributed by atoms with Crippen LogP contribution in [0.2, 0.25) is 0 Å². The lowest BCUT2D eigenvalue weighted by atomic mass is 10.1. The molecule has 1 radical (unpaired) electrons. The fourth-order valence-corrected chi connectivity index (χ4v) is 1.25. The van der Waals surface area contributed by atoms with Gasteiger partial charge in [0.25, 0.3) is 0 Å². The molecule has 0 amide bonds. The molecule has 1 aromatic rings. The molecule has 0 aromatic heterocycles. The zero-order valence-corrected chi connectivity index (χ0v) is 10.4. The summed E-state index contributed by atoms with van der Waals surface area (Å²) in [5.41, 5.74) is 0.310. The summed E-state index contributed by atoms with van der Waals surface area (Å²) in [6.07, 6.45) is 1.33. The van der Waals surface area contributed by atoms with Gasteiger partial charge in [-0.1, -0.05) is 6.07 Å². The van der Waals surface area contributed by atoms with E-state index in [4.69, 9.17) is 4.74 Å². The first kappa shape index (κ1) is 13.8. The van der Waals surface area contributed by atoms with Gasteiger partial charge in [0.05, 0.1) is 21.3 Å². The van der Waals surface area contributed by atoms with Crippen LogP contribution < -0.4 is 4.74 Å². The van der Waals surface area contributed by atoms with Gasteiger partial charge in [0.1, 0.15) is 11.3 Å². The van der Waals surface area contributed by atoms with E-state index in [1.807, 2.05) is 0 Å². The van der Waals surface area contributed by atoms with Crippen molar-refractivity contribution in [1.82, 2.24) is 0 Å². The summed E-state index contributed by atoms with van der Waals surface area (Å²) in [6.45, 7) is 0. The number of esters is 2. The topological polar surface area (TPSA) is 61.8 Å². The normalized spacial score (nSPS) is 9.28. The maximum Gasteiger partial charge on any atom is 0.345 e. The van der Waals surface area contributed by atoms with E-state index in [1.54, 1.807) is 18.2 Å². The molecular formula is C13H13O5. The Balaban J connectivity index is 3.14. The van der Waals surface area contributed by atoms with Crippen molar-refractivity contribution >= 4 is 18.0 Å². The molecule has 5 nitrogen and oxygen atoms in total. The molecule has 0 aliphatic heterocycles. The number of hydrogen-bond donors (Lipinski definition) is 0. The van der Waals surface area contributed by atoms with Crippen LogP contribution in [0.25, 0.3) is 6.08 Å². The fourth-order valence-electron chi connectivity index (χ4n) is 1.25. The van der Waals surface area contributed by atoms with Crippen LogP contribution in [0.1, 0.15) is 5.56 Å². The second-order valence-electron chi connectivity index (χ2n) is 3.23. The van der Waals surface area contributed by atoms with Crippen molar-refractivity contribution in [3.05, 3.63) is 35.4 Å². The molecule has 0 atom stereocenters. The molecule has 0 saturated carbocycles. The summed E-state index contributed by atoms with van der Waals surface area (Å²) < 4.78 is 14.1. The zero-order valence-electron chi connectivity index (χ0n) is 10.4. The van der Waals surface area contributed by atoms with E-state index in [0.717, 1.165) is 0 Å². The smallest absolute Gasteiger partial charge is 0.345 e. The number of benzene rings is 1. The fraction of sp³-hybridized carbons (Fsp3) is 0.231. The predicted octanol–water partition coefficient (Wildman–Crippen LogP) is 1.22. The summed E-state index contributed by atoms with van der Waals surface area (Å²) in [5, 5.41) is 0. The molecule has 0 saturated heterocycles. The first-order valence-corrected chi connectivity index (χ1v) is 5.06. The van der Waals surface area contributed by atoms with Gasteiger partial charge in [0.15, 0.2) is 0 Å². The number of methoxy groups -OCH3 is 3. The largest absolute Gasteiger partial charge is 0.497 e. The first-order chi connectivity index (χ1) is 8.62. The van der Waals surface area contributed by atoms with Gasteiger partial charge in [0, 0.05) is 0 Å². The Morgan fingerprint density at radius 2 is 1.78 bits per heavy atom. The maximum atomic E-state index is 11.4. The van der Waals surface area contributed by atoms with Crippen LogP contribution >= 0.6 is 0 Å². The van der Waals surface area contributed by atoms with E-state index in [9.17, 15) is 9.59 Å². The van der Waals surface area contributed by atoms with Gasteiger partial charge < -0.3 is 14.2 Å². The van der Waals surface area contributed by atoms with Gasteiger partial charge in [-0.2, -0.15) is 0 Å². The minimum absolute atomic E-state index is 0.204. The Morgan fingerprint density at radius 3 is 2.28 bits per heavy atom. The van der Waals surface area contributed by atoms with Crippen molar-refractivity contribution in [3.8, 4) is 5.75 Å². The number of ether oxygens (including phenoxy) is 3. The monoisotopic (exact) mass is 249 g/mol. The average Bonchev–Trinajstić information content (AvgIpc) is 2.43. The van der Waals surface area contributed by atoms with Crippen LogP contribution in [0.15, 0.2) is 23.8 Å². The molecule has 95 valence electrons. The molecular weight excluding hydrogens is 236 g/mol. The van der Waals surface area contributed by atoms with Crippen LogP contribution in [-0.2, 0) is 19.1 Å². The maximum absolute atomic E-state index is 11.4. The highest BCUT2D eigenvalue weighted by Crippen LogP contribution is 2.15. The van der Waals surface area contributed by atoms with Crippen molar-refractivity contribution in [2.24, 2.45) is 0 Å². The Kier molecular flexibility index (Phi) is 4.92. The van der Waals surface area contributed by atoms with Crippen LogP contribution in [0.4, 0.5) is 0 Å². The van der Waals surface area contributed by atoms with Gasteiger partial charge in [-0.15, -0.1) is 0 Å². The number of hydrogen-bond acceptors (Lipinski definition) is 5. The van der Waals surface area contributed by atoms with Crippen molar-refractivity contribution in [3.63, 3.8) is 0 Å². The molecule has 0 heterocycles. The Hall–Kier alpha value is -2.30. The highest BCUT2D eigenvalue weighted by atomic mass is 16.5. The van der Waals surface area contributed by atoms with Gasteiger partial charge in [-0.25, -0.2) is 9.59 Å². The van der Waals surface area contributed by atoms with Crippen molar-refractivity contribution in [2.75, 3.05) is 21.3 Å². The lowest BCUT2D eigenvalue weighted by Crippen LogP contribution is -2.15. The average molecular weight is 249 g/mol. The number of rotatable bonds is 4. The first-order valence-electron chi connectivity index (χ1n) is 5.06. The van der Waals surface area contributed by atoms with E-state index >= 15 is 0 Å². The third-order valence-electron chi connectivity index (χ3n) is 2.14. The second-order valence-corrected chi connectivity index (χ2v) is 3.23. The molecule has 0 aliphatic rings. The van der Waals surface area contributed by atoms with E-state index in [-0.39, 0.29) is 5.57 Å². The summed E-state index contributed by atoms with van der Waals surface area (Å²) in [4.78, 5) is 22.9. The number of carbonyl (C=O) groups excluding carboxylic acids is 2. The molecule has 1 aromatic carbocycles. The lowest BCUT2D eigenvalue weighted by molar-refractivity contribution is -0.143. The molecule has 1 rings (SSSR count).